The maximum Gasteiger partial charge on any atom is 0.436 e. The van der Waals surface area contributed by atoms with Crippen LogP contribution in [0.25, 0.3) is 11.0 Å². The molecule has 0 saturated heterocycles. The number of nitrogens with zero attached hydrogens (tertiary/aromatic N) is 4. The first kappa shape index (κ1) is 11.2. The van der Waals surface area contributed by atoms with Crippen molar-refractivity contribution in [3.05, 3.63) is 26.0 Å². The molecule has 2 aromatic heterocycles. The summed E-state index contributed by atoms with van der Waals surface area (Å²) in [4.78, 5) is 21.7. The van der Waals surface area contributed by atoms with E-state index in [0.29, 0.717) is 11.3 Å². The highest BCUT2D eigenvalue weighted by molar-refractivity contribution is 5.79. The Bertz CT molecular complexity index is 654. The number of rotatable bonds is 2. The van der Waals surface area contributed by atoms with Crippen molar-refractivity contribution in [3.63, 3.8) is 0 Å². The van der Waals surface area contributed by atoms with Gasteiger partial charge < -0.3 is 10.1 Å². The monoisotopic (exact) mass is 237 g/mol. The van der Waals surface area contributed by atoms with Crippen molar-refractivity contribution in [2.45, 2.75) is 26.8 Å². The lowest BCUT2D eigenvalue weighted by Gasteiger charge is -2.04. The van der Waals surface area contributed by atoms with E-state index in [4.69, 9.17) is 0 Å². The number of hydrogen-bond donors (Lipinski definition) is 1. The number of nitrogens with one attached hydrogen (secondary N) is 1. The van der Waals surface area contributed by atoms with E-state index in [1.54, 1.807) is 11.6 Å². The third kappa shape index (κ3) is 1.57. The summed E-state index contributed by atoms with van der Waals surface area (Å²) in [6.07, 6.45) is 0. The van der Waals surface area contributed by atoms with Gasteiger partial charge in [-0.2, -0.15) is 10.2 Å². The maximum absolute atomic E-state index is 11.8. The van der Waals surface area contributed by atoms with Gasteiger partial charge in [-0.1, -0.05) is 0 Å². The van der Waals surface area contributed by atoms with Crippen molar-refractivity contribution >= 4 is 16.9 Å². The number of aromatic amines is 1. The molecule has 1 N–H and O–H groups in total. The smallest absolute Gasteiger partial charge is 0.358 e. The first-order valence-electron chi connectivity index (χ1n) is 5.05. The Morgan fingerprint density at radius 1 is 1.47 bits per heavy atom. The molecular weight excluding hydrogens is 226 g/mol. The van der Waals surface area contributed by atoms with E-state index >= 15 is 0 Å². The Balaban J connectivity index is 2.89. The van der Waals surface area contributed by atoms with Crippen LogP contribution < -0.4 is 5.43 Å². The molecule has 2 rings (SSSR count). The highest BCUT2D eigenvalue weighted by Crippen LogP contribution is 2.17. The molecule has 17 heavy (non-hydrogen) atoms. The van der Waals surface area contributed by atoms with Gasteiger partial charge in [0.15, 0.2) is 5.65 Å². The molecule has 0 bridgehead atoms. The lowest BCUT2D eigenvalue weighted by Crippen LogP contribution is -2.13. The zero-order chi connectivity index (χ0) is 12.7. The molecule has 2 heterocycles. The molecule has 0 atom stereocenters. The molecular formula is C9H11N5O3. The molecule has 0 aliphatic carbocycles. The summed E-state index contributed by atoms with van der Waals surface area (Å²) >= 11 is 0. The van der Waals surface area contributed by atoms with Gasteiger partial charge in [-0.15, -0.1) is 0 Å². The highest BCUT2D eigenvalue weighted by atomic mass is 16.6. The molecule has 2 aromatic rings. The maximum atomic E-state index is 11.8. The van der Waals surface area contributed by atoms with Gasteiger partial charge in [0.25, 0.3) is 5.43 Å². The van der Waals surface area contributed by atoms with E-state index in [-0.39, 0.29) is 11.4 Å². The quantitative estimate of drug-likeness (QED) is 0.617. The predicted molar refractivity (Wildman–Crippen MR) is 59.9 cm³/mol. The Labute approximate surface area is 95.4 Å². The highest BCUT2D eigenvalue weighted by Gasteiger charge is 2.22. The van der Waals surface area contributed by atoms with Crippen molar-refractivity contribution in [1.82, 2.24) is 20.0 Å². The minimum absolute atomic E-state index is 0.0325. The molecule has 8 nitrogen and oxygen atoms in total. The standard InChI is InChI=1S/C9H11N5O3/c1-4(2)13-8-6(5(3)12-13)7(15)9(11-10-8)14(16)17/h4H,1-3H3,(H,10,15). The van der Waals surface area contributed by atoms with E-state index in [9.17, 15) is 14.9 Å². The van der Waals surface area contributed by atoms with Crippen LogP contribution in [0.2, 0.25) is 0 Å². The van der Waals surface area contributed by atoms with E-state index in [2.05, 4.69) is 15.3 Å². The van der Waals surface area contributed by atoms with Gasteiger partial charge in [-0.05, 0) is 25.7 Å². The molecule has 90 valence electrons. The Morgan fingerprint density at radius 3 is 2.65 bits per heavy atom. The summed E-state index contributed by atoms with van der Waals surface area (Å²) in [5.74, 6) is -0.705. The first-order valence-corrected chi connectivity index (χ1v) is 5.05. The third-order valence-corrected chi connectivity index (χ3v) is 2.45. The van der Waals surface area contributed by atoms with Crippen LogP contribution in [-0.4, -0.2) is 24.9 Å². The first-order chi connectivity index (χ1) is 7.93. The van der Waals surface area contributed by atoms with Crippen LogP contribution in [0, 0.1) is 17.0 Å². The molecule has 0 saturated carbocycles. The summed E-state index contributed by atoms with van der Waals surface area (Å²) in [6, 6.07) is 0.0325. The second-order valence-electron chi connectivity index (χ2n) is 3.98. The molecule has 0 spiro atoms. The van der Waals surface area contributed by atoms with Crippen molar-refractivity contribution in [2.24, 2.45) is 0 Å². The van der Waals surface area contributed by atoms with Gasteiger partial charge >= 0.3 is 5.82 Å². The number of nitro groups is 1. The predicted octanol–water partition coefficient (Wildman–Crippen LogP) is 0.917. The second-order valence-corrected chi connectivity index (χ2v) is 3.98. The normalized spacial score (nSPS) is 11.3. The van der Waals surface area contributed by atoms with Crippen LogP contribution in [0.15, 0.2) is 4.79 Å². The molecule has 0 aliphatic heterocycles. The zero-order valence-corrected chi connectivity index (χ0v) is 9.59. The fourth-order valence-electron chi connectivity index (χ4n) is 1.69. The summed E-state index contributed by atoms with van der Waals surface area (Å²) in [5, 5.41) is 21.0. The zero-order valence-electron chi connectivity index (χ0n) is 9.59. The molecule has 0 unspecified atom stereocenters. The van der Waals surface area contributed by atoms with E-state index in [1.807, 2.05) is 13.8 Å². The van der Waals surface area contributed by atoms with E-state index in [0.717, 1.165) is 0 Å². The molecule has 0 fully saturated rings. The number of H-pyrrole nitrogens is 1. The van der Waals surface area contributed by atoms with Crippen LogP contribution in [0.3, 0.4) is 0 Å². The minimum Gasteiger partial charge on any atom is -0.358 e. The number of aryl methyl sites for hydroxylation is 1. The van der Waals surface area contributed by atoms with Gasteiger partial charge in [-0.25, -0.2) is 4.68 Å². The van der Waals surface area contributed by atoms with Gasteiger partial charge in [0, 0.05) is 6.04 Å². The van der Waals surface area contributed by atoms with Gasteiger partial charge in [0.2, 0.25) is 0 Å². The summed E-state index contributed by atoms with van der Waals surface area (Å²) < 4.78 is 1.59. The number of aromatic nitrogens is 4. The van der Waals surface area contributed by atoms with E-state index < -0.39 is 16.2 Å². The average Bonchev–Trinajstić information content (AvgIpc) is 2.56. The lowest BCUT2D eigenvalue weighted by molar-refractivity contribution is -0.391. The fraction of sp³-hybridized carbons (Fsp3) is 0.444. The Hall–Kier alpha value is -2.25. The Morgan fingerprint density at radius 2 is 2.12 bits per heavy atom. The van der Waals surface area contributed by atoms with Crippen molar-refractivity contribution < 1.29 is 4.92 Å². The third-order valence-electron chi connectivity index (χ3n) is 2.45. The largest absolute Gasteiger partial charge is 0.436 e. The van der Waals surface area contributed by atoms with Crippen molar-refractivity contribution in [2.75, 3.05) is 0 Å². The molecule has 0 radical (unpaired) electrons. The topological polar surface area (TPSA) is 107 Å². The van der Waals surface area contributed by atoms with Crippen LogP contribution >= 0.6 is 0 Å². The summed E-state index contributed by atoms with van der Waals surface area (Å²) in [6.45, 7) is 5.43. The second kappa shape index (κ2) is 3.65. The number of fused-ring (bicyclic) bond motifs is 1. The van der Waals surface area contributed by atoms with Crippen LogP contribution in [0.5, 0.6) is 0 Å². The van der Waals surface area contributed by atoms with Gasteiger partial charge in [-0.3, -0.25) is 4.79 Å². The average molecular weight is 237 g/mol. The van der Waals surface area contributed by atoms with Gasteiger partial charge in [0.1, 0.15) is 0 Å². The van der Waals surface area contributed by atoms with Crippen molar-refractivity contribution in [1.29, 1.82) is 0 Å². The summed E-state index contributed by atoms with van der Waals surface area (Å²) in [7, 11) is 0. The van der Waals surface area contributed by atoms with Crippen molar-refractivity contribution in [3.8, 4) is 0 Å². The molecule has 8 heteroatoms. The molecule has 0 aliphatic rings. The summed E-state index contributed by atoms with van der Waals surface area (Å²) in [5.41, 5.74) is 0.168. The SMILES string of the molecule is Cc1nn(C(C)C)c2[nH]nc([N+](=O)[O-])c(=O)c12. The molecule has 0 aromatic carbocycles. The van der Waals surface area contributed by atoms with Crippen LogP contribution in [0.4, 0.5) is 5.82 Å². The van der Waals surface area contributed by atoms with E-state index in [1.165, 1.54) is 0 Å². The fourth-order valence-corrected chi connectivity index (χ4v) is 1.69. The lowest BCUT2D eigenvalue weighted by atomic mass is 10.3. The van der Waals surface area contributed by atoms with Crippen LogP contribution in [0.1, 0.15) is 25.6 Å². The minimum atomic E-state index is -0.801. The Kier molecular flexibility index (Phi) is 2.41. The molecule has 0 amide bonds. The van der Waals surface area contributed by atoms with Crippen LogP contribution in [-0.2, 0) is 0 Å². The van der Waals surface area contributed by atoms with Gasteiger partial charge in [0.05, 0.1) is 16.2 Å². The number of hydrogen-bond acceptors (Lipinski definition) is 5.